The molecule has 0 radical (unpaired) electrons. The molecular formula is C15H22N4O. The normalized spacial score (nSPS) is 12.3. The van der Waals surface area contributed by atoms with Crippen molar-refractivity contribution in [1.82, 2.24) is 14.5 Å². The second-order valence-corrected chi connectivity index (χ2v) is 5.08. The van der Waals surface area contributed by atoms with E-state index in [-0.39, 0.29) is 6.04 Å². The molecule has 2 rings (SSSR count). The summed E-state index contributed by atoms with van der Waals surface area (Å²) in [7, 11) is 0. The third-order valence-corrected chi connectivity index (χ3v) is 2.96. The molecule has 0 spiro atoms. The van der Waals surface area contributed by atoms with E-state index in [2.05, 4.69) is 9.97 Å². The highest BCUT2D eigenvalue weighted by Gasteiger charge is 2.08. The Morgan fingerprint density at radius 3 is 2.95 bits per heavy atom. The molecule has 1 unspecified atom stereocenters. The Kier molecular flexibility index (Phi) is 5.12. The fourth-order valence-corrected chi connectivity index (χ4v) is 2.03. The minimum Gasteiger partial charge on any atom is -0.492 e. The van der Waals surface area contributed by atoms with Crippen molar-refractivity contribution in [2.45, 2.75) is 39.3 Å². The second kappa shape index (κ2) is 7.05. The van der Waals surface area contributed by atoms with Crippen molar-refractivity contribution in [1.29, 1.82) is 0 Å². The van der Waals surface area contributed by atoms with Gasteiger partial charge in [-0.3, -0.25) is 4.98 Å². The number of rotatable bonds is 7. The smallest absolute Gasteiger partial charge is 0.140 e. The number of aromatic nitrogens is 3. The maximum atomic E-state index is 5.86. The Balaban J connectivity index is 1.88. The van der Waals surface area contributed by atoms with Gasteiger partial charge in [-0.2, -0.15) is 0 Å². The summed E-state index contributed by atoms with van der Waals surface area (Å²) < 4.78 is 7.88. The van der Waals surface area contributed by atoms with Gasteiger partial charge < -0.3 is 15.0 Å². The minimum absolute atomic E-state index is 0.0811. The van der Waals surface area contributed by atoms with Crippen molar-refractivity contribution < 1.29 is 4.74 Å². The number of nitrogens with zero attached hydrogens (tertiary/aromatic N) is 3. The molecule has 0 aliphatic carbocycles. The highest BCUT2D eigenvalue weighted by Crippen LogP contribution is 2.18. The monoisotopic (exact) mass is 274 g/mol. The predicted octanol–water partition coefficient (Wildman–Crippen LogP) is 1.95. The van der Waals surface area contributed by atoms with Gasteiger partial charge >= 0.3 is 0 Å². The predicted molar refractivity (Wildman–Crippen MR) is 78.7 cm³/mol. The van der Waals surface area contributed by atoms with Gasteiger partial charge in [-0.25, -0.2) is 4.98 Å². The standard InChI is InChI=1S/C15H22N4O/c1-12(16)10-14-15(5-4-13(2)18-14)20-9-3-7-19-8-6-17-11-19/h4-6,8,11-12H,3,7,9-10,16H2,1-2H3. The third-order valence-electron chi connectivity index (χ3n) is 2.96. The van der Waals surface area contributed by atoms with Crippen LogP contribution in [-0.2, 0) is 13.0 Å². The lowest BCUT2D eigenvalue weighted by atomic mass is 10.1. The first-order valence-corrected chi connectivity index (χ1v) is 6.96. The number of ether oxygens (including phenoxy) is 1. The molecule has 2 aromatic rings. The summed E-state index contributed by atoms with van der Waals surface area (Å²) in [6, 6.07) is 4.03. The van der Waals surface area contributed by atoms with Gasteiger partial charge in [0.25, 0.3) is 0 Å². The number of hydrogen-bond donors (Lipinski definition) is 1. The Bertz CT molecular complexity index is 523. The molecule has 0 saturated carbocycles. The molecule has 0 amide bonds. The average Bonchev–Trinajstić information content (AvgIpc) is 2.89. The molecule has 20 heavy (non-hydrogen) atoms. The van der Waals surface area contributed by atoms with E-state index in [1.54, 1.807) is 6.20 Å². The van der Waals surface area contributed by atoms with Gasteiger partial charge in [-0.05, 0) is 32.4 Å². The molecule has 0 fully saturated rings. The van der Waals surface area contributed by atoms with Crippen molar-refractivity contribution in [2.24, 2.45) is 5.73 Å². The highest BCUT2D eigenvalue weighted by atomic mass is 16.5. The number of pyridine rings is 1. The SMILES string of the molecule is Cc1ccc(OCCCn2ccnc2)c(CC(C)N)n1. The van der Waals surface area contributed by atoms with Gasteiger partial charge in [0.2, 0.25) is 0 Å². The van der Waals surface area contributed by atoms with Crippen LogP contribution in [0.25, 0.3) is 0 Å². The quantitative estimate of drug-likeness (QED) is 0.784. The van der Waals surface area contributed by atoms with E-state index in [0.29, 0.717) is 6.61 Å². The van der Waals surface area contributed by atoms with Crippen molar-refractivity contribution in [2.75, 3.05) is 6.61 Å². The van der Waals surface area contributed by atoms with Crippen LogP contribution in [-0.4, -0.2) is 27.2 Å². The summed E-state index contributed by atoms with van der Waals surface area (Å²) >= 11 is 0. The molecule has 5 nitrogen and oxygen atoms in total. The van der Waals surface area contributed by atoms with Gasteiger partial charge in [0.15, 0.2) is 0 Å². The van der Waals surface area contributed by atoms with E-state index in [1.807, 2.05) is 43.1 Å². The number of imidazole rings is 1. The lowest BCUT2D eigenvalue weighted by molar-refractivity contribution is 0.296. The van der Waals surface area contributed by atoms with Gasteiger partial charge in [0, 0.05) is 37.1 Å². The summed E-state index contributed by atoms with van der Waals surface area (Å²) in [4.78, 5) is 8.54. The lowest BCUT2D eigenvalue weighted by Crippen LogP contribution is -2.19. The van der Waals surface area contributed by atoms with Crippen LogP contribution in [0.4, 0.5) is 0 Å². The van der Waals surface area contributed by atoms with Gasteiger partial charge in [0.05, 0.1) is 18.6 Å². The first-order valence-electron chi connectivity index (χ1n) is 6.96. The molecule has 1 atom stereocenters. The third kappa shape index (κ3) is 4.35. The molecule has 0 aromatic carbocycles. The molecule has 2 heterocycles. The van der Waals surface area contributed by atoms with E-state index < -0.39 is 0 Å². The number of nitrogens with two attached hydrogens (primary N) is 1. The summed E-state index contributed by atoms with van der Waals surface area (Å²) in [6.07, 6.45) is 7.22. The van der Waals surface area contributed by atoms with Crippen molar-refractivity contribution in [3.05, 3.63) is 42.2 Å². The zero-order chi connectivity index (χ0) is 14.4. The van der Waals surface area contributed by atoms with Crippen LogP contribution in [0.1, 0.15) is 24.7 Å². The molecular weight excluding hydrogens is 252 g/mol. The van der Waals surface area contributed by atoms with E-state index in [0.717, 1.165) is 36.5 Å². The van der Waals surface area contributed by atoms with Crippen LogP contribution >= 0.6 is 0 Å². The maximum Gasteiger partial charge on any atom is 0.140 e. The largest absolute Gasteiger partial charge is 0.492 e. The number of hydrogen-bond acceptors (Lipinski definition) is 4. The zero-order valence-electron chi connectivity index (χ0n) is 12.1. The zero-order valence-corrected chi connectivity index (χ0v) is 12.1. The van der Waals surface area contributed by atoms with Gasteiger partial charge in [-0.1, -0.05) is 0 Å². The summed E-state index contributed by atoms with van der Waals surface area (Å²) in [6.45, 7) is 5.52. The molecule has 2 N–H and O–H groups in total. The molecule has 2 aromatic heterocycles. The molecule has 5 heteroatoms. The van der Waals surface area contributed by atoms with Crippen molar-refractivity contribution in [3.8, 4) is 5.75 Å². The van der Waals surface area contributed by atoms with E-state index >= 15 is 0 Å². The summed E-state index contributed by atoms with van der Waals surface area (Å²) in [5.41, 5.74) is 7.80. The first-order chi connectivity index (χ1) is 9.65. The van der Waals surface area contributed by atoms with Crippen LogP contribution < -0.4 is 10.5 Å². The fourth-order valence-electron chi connectivity index (χ4n) is 2.03. The van der Waals surface area contributed by atoms with Gasteiger partial charge in [-0.15, -0.1) is 0 Å². The maximum absolute atomic E-state index is 5.86. The summed E-state index contributed by atoms with van der Waals surface area (Å²) in [5.74, 6) is 0.846. The van der Waals surface area contributed by atoms with Crippen LogP contribution in [0.3, 0.4) is 0 Å². The lowest BCUT2D eigenvalue weighted by Gasteiger charge is -2.13. The summed E-state index contributed by atoms with van der Waals surface area (Å²) in [5, 5.41) is 0. The molecule has 0 aliphatic rings. The molecule has 0 aliphatic heterocycles. The van der Waals surface area contributed by atoms with Gasteiger partial charge in [0.1, 0.15) is 5.75 Å². The first kappa shape index (κ1) is 14.5. The fraction of sp³-hybridized carbons (Fsp3) is 0.467. The molecule has 0 saturated heterocycles. The average molecular weight is 274 g/mol. The van der Waals surface area contributed by atoms with Crippen molar-refractivity contribution in [3.63, 3.8) is 0 Å². The van der Waals surface area contributed by atoms with Crippen molar-refractivity contribution >= 4 is 0 Å². The van der Waals surface area contributed by atoms with E-state index in [1.165, 1.54) is 0 Å². The Morgan fingerprint density at radius 1 is 1.40 bits per heavy atom. The van der Waals surface area contributed by atoms with E-state index in [4.69, 9.17) is 10.5 Å². The Labute approximate surface area is 119 Å². The Hall–Kier alpha value is -1.88. The highest BCUT2D eigenvalue weighted by molar-refractivity contribution is 5.29. The van der Waals surface area contributed by atoms with Crippen LogP contribution in [0.2, 0.25) is 0 Å². The Morgan fingerprint density at radius 2 is 2.25 bits per heavy atom. The van der Waals surface area contributed by atoms with Crippen LogP contribution in [0.5, 0.6) is 5.75 Å². The molecule has 0 bridgehead atoms. The van der Waals surface area contributed by atoms with Crippen LogP contribution in [0.15, 0.2) is 30.9 Å². The number of aryl methyl sites for hydroxylation is 2. The topological polar surface area (TPSA) is 66.0 Å². The van der Waals surface area contributed by atoms with E-state index in [9.17, 15) is 0 Å². The minimum atomic E-state index is 0.0811. The van der Waals surface area contributed by atoms with Crippen LogP contribution in [0, 0.1) is 6.92 Å². The molecule has 108 valence electrons. The second-order valence-electron chi connectivity index (χ2n) is 5.08.